The highest BCUT2D eigenvalue weighted by Crippen LogP contribution is 2.35. The Bertz CT molecular complexity index is 445. The average molecular weight is 249 g/mol. The van der Waals surface area contributed by atoms with Crippen LogP contribution in [0.4, 0.5) is 5.69 Å². The summed E-state index contributed by atoms with van der Waals surface area (Å²) in [6.07, 6.45) is 1.18. The molecule has 2 rings (SSSR count). The topological polar surface area (TPSA) is 49.8 Å². The minimum absolute atomic E-state index is 0.0157. The van der Waals surface area contributed by atoms with Gasteiger partial charge in [0, 0.05) is 6.54 Å². The number of fused-ring (bicyclic) bond motifs is 1. The molecule has 1 aromatic carbocycles. The first kappa shape index (κ1) is 12.9. The monoisotopic (exact) mass is 249 g/mol. The van der Waals surface area contributed by atoms with Crippen LogP contribution in [-0.2, 0) is 11.4 Å². The van der Waals surface area contributed by atoms with Crippen molar-refractivity contribution in [2.75, 3.05) is 11.4 Å². The molecule has 0 fully saturated rings. The Kier molecular flexibility index (Phi) is 3.87. The van der Waals surface area contributed by atoms with Gasteiger partial charge in [-0.05, 0) is 30.5 Å². The molecule has 0 spiro atoms. The molecular weight excluding hydrogens is 230 g/mol. The van der Waals surface area contributed by atoms with Gasteiger partial charge in [-0.25, -0.2) is 0 Å². The molecule has 0 aliphatic carbocycles. The van der Waals surface area contributed by atoms with E-state index in [0.717, 1.165) is 23.4 Å². The number of hydrogen-bond acceptors (Lipinski definition) is 3. The van der Waals surface area contributed by atoms with Crippen molar-refractivity contribution in [1.82, 2.24) is 0 Å². The van der Waals surface area contributed by atoms with Crippen LogP contribution in [0, 0.1) is 0 Å². The van der Waals surface area contributed by atoms with Crippen LogP contribution in [0.25, 0.3) is 0 Å². The summed E-state index contributed by atoms with van der Waals surface area (Å²) in [6, 6.07) is 5.49. The second-order valence-electron chi connectivity index (χ2n) is 4.46. The van der Waals surface area contributed by atoms with E-state index in [1.54, 1.807) is 4.90 Å². The van der Waals surface area contributed by atoms with Crippen LogP contribution in [0.15, 0.2) is 18.2 Å². The van der Waals surface area contributed by atoms with Crippen LogP contribution in [0.5, 0.6) is 5.75 Å². The fraction of sp³-hybridized carbons (Fsp3) is 0.500. The Balaban J connectivity index is 2.42. The van der Waals surface area contributed by atoms with Crippen molar-refractivity contribution in [1.29, 1.82) is 0 Å². The zero-order valence-corrected chi connectivity index (χ0v) is 10.8. The number of benzene rings is 1. The summed E-state index contributed by atoms with van der Waals surface area (Å²) < 4.78 is 5.70. The molecule has 0 bridgehead atoms. The molecule has 1 aliphatic heterocycles. The number of amides is 1. The highest BCUT2D eigenvalue weighted by Gasteiger charge is 2.32. The summed E-state index contributed by atoms with van der Waals surface area (Å²) in [7, 11) is 0. The molecule has 0 saturated heterocycles. The van der Waals surface area contributed by atoms with Crippen molar-refractivity contribution in [3.63, 3.8) is 0 Å². The molecule has 1 amide bonds. The highest BCUT2D eigenvalue weighted by molar-refractivity contribution is 6.00. The number of rotatable bonds is 4. The van der Waals surface area contributed by atoms with Crippen molar-refractivity contribution in [3.8, 4) is 5.75 Å². The van der Waals surface area contributed by atoms with Gasteiger partial charge in [-0.2, -0.15) is 0 Å². The zero-order valence-electron chi connectivity index (χ0n) is 10.8. The Morgan fingerprint density at radius 3 is 2.78 bits per heavy atom. The maximum Gasteiger partial charge on any atom is 0.268 e. The number of carbonyl (C=O) groups excluding carboxylic acids is 1. The molecule has 4 heteroatoms. The second kappa shape index (κ2) is 5.40. The molecule has 1 aromatic rings. The van der Waals surface area contributed by atoms with Gasteiger partial charge in [0.05, 0.1) is 12.3 Å². The minimum atomic E-state index is -0.385. The van der Waals surface area contributed by atoms with Gasteiger partial charge in [0.1, 0.15) is 5.75 Å². The van der Waals surface area contributed by atoms with Gasteiger partial charge in [-0.1, -0.05) is 19.9 Å². The van der Waals surface area contributed by atoms with Gasteiger partial charge in [0.2, 0.25) is 0 Å². The van der Waals surface area contributed by atoms with E-state index in [0.29, 0.717) is 13.0 Å². The SMILES string of the molecule is CCCN1C(=O)C(CC)Oc2ccc(CO)cc21. The summed E-state index contributed by atoms with van der Waals surface area (Å²) in [5.41, 5.74) is 1.57. The molecule has 0 radical (unpaired) electrons. The van der Waals surface area contributed by atoms with E-state index in [9.17, 15) is 9.90 Å². The first-order valence-corrected chi connectivity index (χ1v) is 6.43. The Hall–Kier alpha value is -1.55. The lowest BCUT2D eigenvalue weighted by molar-refractivity contribution is -0.126. The van der Waals surface area contributed by atoms with Crippen molar-refractivity contribution < 1.29 is 14.6 Å². The molecule has 1 atom stereocenters. The van der Waals surface area contributed by atoms with E-state index in [1.165, 1.54) is 0 Å². The molecule has 1 aliphatic rings. The third kappa shape index (κ3) is 2.20. The normalized spacial score (nSPS) is 18.5. The van der Waals surface area contributed by atoms with Crippen LogP contribution in [0.2, 0.25) is 0 Å². The van der Waals surface area contributed by atoms with Crippen LogP contribution >= 0.6 is 0 Å². The molecule has 0 aromatic heterocycles. The van der Waals surface area contributed by atoms with Crippen molar-refractivity contribution in [2.24, 2.45) is 0 Å². The van der Waals surface area contributed by atoms with Gasteiger partial charge in [-0.15, -0.1) is 0 Å². The van der Waals surface area contributed by atoms with E-state index >= 15 is 0 Å². The standard InChI is InChI=1S/C14H19NO3/c1-3-7-15-11-8-10(9-16)5-6-13(11)18-12(4-2)14(15)17/h5-6,8,12,16H,3-4,7,9H2,1-2H3. The molecule has 1 unspecified atom stereocenters. The van der Waals surface area contributed by atoms with Gasteiger partial charge < -0.3 is 14.7 Å². The average Bonchev–Trinajstić information content (AvgIpc) is 2.41. The van der Waals surface area contributed by atoms with Crippen molar-refractivity contribution in [3.05, 3.63) is 23.8 Å². The largest absolute Gasteiger partial charge is 0.478 e. The number of nitrogens with zero attached hydrogens (tertiary/aromatic N) is 1. The predicted octanol–water partition coefficient (Wildman–Crippen LogP) is 2.09. The van der Waals surface area contributed by atoms with E-state index in [2.05, 4.69) is 0 Å². The van der Waals surface area contributed by atoms with Gasteiger partial charge in [0.15, 0.2) is 6.10 Å². The number of carbonyl (C=O) groups is 1. The Morgan fingerprint density at radius 2 is 2.17 bits per heavy atom. The molecule has 18 heavy (non-hydrogen) atoms. The Morgan fingerprint density at radius 1 is 1.39 bits per heavy atom. The maximum atomic E-state index is 12.2. The first-order valence-electron chi connectivity index (χ1n) is 6.43. The minimum Gasteiger partial charge on any atom is -0.478 e. The third-order valence-electron chi connectivity index (χ3n) is 3.13. The molecular formula is C14H19NO3. The number of aliphatic hydroxyl groups is 1. The molecule has 1 N–H and O–H groups in total. The number of aliphatic hydroxyl groups excluding tert-OH is 1. The smallest absolute Gasteiger partial charge is 0.268 e. The second-order valence-corrected chi connectivity index (χ2v) is 4.46. The number of ether oxygens (including phenoxy) is 1. The highest BCUT2D eigenvalue weighted by atomic mass is 16.5. The first-order chi connectivity index (χ1) is 8.71. The van der Waals surface area contributed by atoms with Crippen LogP contribution in [0.3, 0.4) is 0 Å². The predicted molar refractivity (Wildman–Crippen MR) is 69.7 cm³/mol. The van der Waals surface area contributed by atoms with Crippen LogP contribution in [0.1, 0.15) is 32.3 Å². The number of anilines is 1. The molecule has 1 heterocycles. The fourth-order valence-corrected chi connectivity index (χ4v) is 2.18. The third-order valence-corrected chi connectivity index (χ3v) is 3.13. The lowest BCUT2D eigenvalue weighted by Gasteiger charge is -2.34. The van der Waals surface area contributed by atoms with Crippen molar-refractivity contribution >= 4 is 11.6 Å². The van der Waals surface area contributed by atoms with E-state index < -0.39 is 0 Å². The number of hydrogen-bond donors (Lipinski definition) is 1. The summed E-state index contributed by atoms with van der Waals surface area (Å²) in [5, 5.41) is 9.18. The quantitative estimate of drug-likeness (QED) is 0.889. The van der Waals surface area contributed by atoms with Gasteiger partial charge in [-0.3, -0.25) is 4.79 Å². The Labute approximate surface area is 107 Å². The lowest BCUT2D eigenvalue weighted by Crippen LogP contribution is -2.46. The van der Waals surface area contributed by atoms with Crippen LogP contribution < -0.4 is 9.64 Å². The van der Waals surface area contributed by atoms with E-state index in [-0.39, 0.29) is 18.6 Å². The lowest BCUT2D eigenvalue weighted by atomic mass is 10.1. The summed E-state index contributed by atoms with van der Waals surface area (Å²) >= 11 is 0. The maximum absolute atomic E-state index is 12.2. The summed E-state index contributed by atoms with van der Waals surface area (Å²) in [5.74, 6) is 0.744. The fourth-order valence-electron chi connectivity index (χ4n) is 2.18. The molecule has 4 nitrogen and oxygen atoms in total. The van der Waals surface area contributed by atoms with Gasteiger partial charge in [0.25, 0.3) is 5.91 Å². The summed E-state index contributed by atoms with van der Waals surface area (Å²) in [4.78, 5) is 14.0. The van der Waals surface area contributed by atoms with Crippen LogP contribution in [-0.4, -0.2) is 23.7 Å². The van der Waals surface area contributed by atoms with E-state index in [4.69, 9.17) is 4.74 Å². The molecule has 0 saturated carbocycles. The summed E-state index contributed by atoms with van der Waals surface area (Å²) in [6.45, 7) is 4.64. The van der Waals surface area contributed by atoms with Gasteiger partial charge >= 0.3 is 0 Å². The van der Waals surface area contributed by atoms with E-state index in [1.807, 2.05) is 32.0 Å². The molecule has 98 valence electrons. The van der Waals surface area contributed by atoms with Crippen molar-refractivity contribution in [2.45, 2.75) is 39.4 Å². The zero-order chi connectivity index (χ0) is 13.1.